The number of carboxylic acid groups (broad SMARTS) is 1. The molecule has 1 amide bonds. The number of carbonyl (C=O) groups is 2. The highest BCUT2D eigenvalue weighted by atomic mass is 32.1. The largest absolute Gasteiger partial charge is 0.481 e. The fraction of sp³-hybridized carbons (Fsp3) is 0.562. The second kappa shape index (κ2) is 6.31. The van der Waals surface area contributed by atoms with Crippen molar-refractivity contribution < 1.29 is 14.7 Å². The highest BCUT2D eigenvalue weighted by Gasteiger charge is 2.26. The topological polar surface area (TPSA) is 75.4 Å². The second-order valence-corrected chi connectivity index (χ2v) is 7.26. The summed E-state index contributed by atoms with van der Waals surface area (Å²) in [6, 6.07) is 1.94. The molecule has 1 fully saturated rings. The van der Waals surface area contributed by atoms with Crippen LogP contribution in [0.5, 0.6) is 0 Å². The van der Waals surface area contributed by atoms with E-state index in [0.717, 1.165) is 40.2 Å². The number of carboxylic acids is 1. The number of piperidine rings is 1. The number of aliphatic carboxylic acids is 1. The molecule has 2 aromatic rings. The number of amides is 1. The Morgan fingerprint density at radius 1 is 1.48 bits per heavy atom. The first-order valence-electron chi connectivity index (χ1n) is 7.90. The van der Waals surface area contributed by atoms with E-state index >= 15 is 0 Å². The van der Waals surface area contributed by atoms with Crippen LogP contribution in [-0.4, -0.2) is 44.8 Å². The lowest BCUT2D eigenvalue weighted by Gasteiger charge is -2.32. The van der Waals surface area contributed by atoms with Gasteiger partial charge in [0.2, 0.25) is 0 Å². The molecule has 3 rings (SSSR count). The van der Waals surface area contributed by atoms with Crippen LogP contribution in [0.25, 0.3) is 10.2 Å². The normalized spacial score (nSPS) is 18.5. The van der Waals surface area contributed by atoms with E-state index < -0.39 is 5.97 Å². The molecule has 0 spiro atoms. The number of fused-ring (bicyclic) bond motifs is 1. The van der Waals surface area contributed by atoms with Crippen LogP contribution >= 0.6 is 11.3 Å². The number of aryl methyl sites for hydroxylation is 2. The zero-order chi connectivity index (χ0) is 16.6. The summed E-state index contributed by atoms with van der Waals surface area (Å²) >= 11 is 1.48. The number of aromatic nitrogens is 2. The maximum absolute atomic E-state index is 12.8. The summed E-state index contributed by atoms with van der Waals surface area (Å²) in [5, 5.41) is 14.2. The average Bonchev–Trinajstić information content (AvgIpc) is 3.07. The van der Waals surface area contributed by atoms with Crippen molar-refractivity contribution in [2.75, 3.05) is 13.1 Å². The Hall–Kier alpha value is -1.89. The van der Waals surface area contributed by atoms with Crippen LogP contribution in [0.3, 0.4) is 0 Å². The van der Waals surface area contributed by atoms with Crippen molar-refractivity contribution in [3.8, 4) is 0 Å². The Balaban J connectivity index is 1.73. The van der Waals surface area contributed by atoms with Crippen molar-refractivity contribution in [3.05, 3.63) is 16.6 Å². The molecule has 7 heteroatoms. The van der Waals surface area contributed by atoms with Crippen LogP contribution in [0, 0.1) is 12.8 Å². The van der Waals surface area contributed by atoms with Crippen LogP contribution in [0.2, 0.25) is 0 Å². The molecular formula is C16H21N3O3S. The lowest BCUT2D eigenvalue weighted by molar-refractivity contribution is -0.137. The molecule has 124 valence electrons. The number of hydrogen-bond donors (Lipinski definition) is 1. The van der Waals surface area contributed by atoms with Gasteiger partial charge >= 0.3 is 5.97 Å². The smallest absolute Gasteiger partial charge is 0.303 e. The molecule has 1 saturated heterocycles. The van der Waals surface area contributed by atoms with Crippen molar-refractivity contribution >= 4 is 33.4 Å². The fourth-order valence-electron chi connectivity index (χ4n) is 3.28. The van der Waals surface area contributed by atoms with Gasteiger partial charge in [0.25, 0.3) is 5.91 Å². The number of carbonyl (C=O) groups excluding carboxylic acids is 1. The van der Waals surface area contributed by atoms with E-state index in [1.54, 1.807) is 0 Å². The Labute approximate surface area is 138 Å². The van der Waals surface area contributed by atoms with Gasteiger partial charge in [0.05, 0.1) is 10.6 Å². The van der Waals surface area contributed by atoms with Gasteiger partial charge in [-0.2, -0.15) is 5.10 Å². The quantitative estimate of drug-likeness (QED) is 0.932. The van der Waals surface area contributed by atoms with Gasteiger partial charge in [-0.15, -0.1) is 11.3 Å². The van der Waals surface area contributed by atoms with Gasteiger partial charge in [0.1, 0.15) is 4.83 Å². The van der Waals surface area contributed by atoms with Crippen molar-refractivity contribution in [1.29, 1.82) is 0 Å². The van der Waals surface area contributed by atoms with Gasteiger partial charge in [-0.1, -0.05) is 0 Å². The van der Waals surface area contributed by atoms with Crippen LogP contribution in [0.15, 0.2) is 6.07 Å². The van der Waals surface area contributed by atoms with E-state index in [1.165, 1.54) is 11.3 Å². The lowest BCUT2D eigenvalue weighted by atomic mass is 9.93. The molecule has 23 heavy (non-hydrogen) atoms. The first kappa shape index (κ1) is 16.0. The monoisotopic (exact) mass is 335 g/mol. The van der Waals surface area contributed by atoms with Gasteiger partial charge in [-0.05, 0) is 38.2 Å². The molecule has 0 aromatic carbocycles. The summed E-state index contributed by atoms with van der Waals surface area (Å²) < 4.78 is 1.82. The molecular weight excluding hydrogens is 314 g/mol. The van der Waals surface area contributed by atoms with Crippen LogP contribution < -0.4 is 0 Å². The second-order valence-electron chi connectivity index (χ2n) is 6.23. The number of rotatable bonds is 4. The molecule has 0 radical (unpaired) electrons. The van der Waals surface area contributed by atoms with E-state index in [1.807, 2.05) is 29.6 Å². The fourth-order valence-corrected chi connectivity index (χ4v) is 4.37. The molecule has 0 saturated carbocycles. The van der Waals surface area contributed by atoms with Crippen LogP contribution in [0.1, 0.15) is 41.0 Å². The maximum Gasteiger partial charge on any atom is 0.303 e. The maximum atomic E-state index is 12.8. The molecule has 1 aliphatic rings. The third-order valence-electron chi connectivity index (χ3n) is 4.48. The first-order valence-corrected chi connectivity index (χ1v) is 8.71. The zero-order valence-electron chi connectivity index (χ0n) is 13.4. The molecule has 1 unspecified atom stereocenters. The summed E-state index contributed by atoms with van der Waals surface area (Å²) in [5.74, 6) is -0.409. The SMILES string of the molecule is Cc1nn(C)c2sc(C(=O)N3CCCC(CCC(=O)O)C3)cc12. The molecule has 0 aliphatic carbocycles. The molecule has 0 bridgehead atoms. The number of likely N-dealkylation sites (tertiary alicyclic amines) is 1. The minimum absolute atomic E-state index is 0.0608. The highest BCUT2D eigenvalue weighted by Crippen LogP contribution is 2.30. The van der Waals surface area contributed by atoms with Crippen molar-refractivity contribution in [1.82, 2.24) is 14.7 Å². The van der Waals surface area contributed by atoms with Gasteiger partial charge in [-0.3, -0.25) is 14.3 Å². The zero-order valence-corrected chi connectivity index (χ0v) is 14.2. The summed E-state index contributed by atoms with van der Waals surface area (Å²) in [5.41, 5.74) is 0.941. The Morgan fingerprint density at radius 3 is 2.96 bits per heavy atom. The third-order valence-corrected chi connectivity index (χ3v) is 5.67. The van der Waals surface area contributed by atoms with Crippen molar-refractivity contribution in [2.24, 2.45) is 13.0 Å². The summed E-state index contributed by atoms with van der Waals surface area (Å²) in [6.45, 7) is 3.37. The highest BCUT2D eigenvalue weighted by molar-refractivity contribution is 7.20. The Morgan fingerprint density at radius 2 is 2.26 bits per heavy atom. The molecule has 6 nitrogen and oxygen atoms in total. The average molecular weight is 335 g/mol. The van der Waals surface area contributed by atoms with Crippen molar-refractivity contribution in [3.63, 3.8) is 0 Å². The minimum Gasteiger partial charge on any atom is -0.481 e. The summed E-state index contributed by atoms with van der Waals surface area (Å²) in [7, 11) is 1.89. The van der Waals surface area contributed by atoms with Gasteiger partial charge < -0.3 is 10.0 Å². The molecule has 1 atom stereocenters. The third kappa shape index (κ3) is 3.24. The molecule has 1 N–H and O–H groups in total. The van der Waals surface area contributed by atoms with E-state index in [9.17, 15) is 9.59 Å². The van der Waals surface area contributed by atoms with E-state index in [2.05, 4.69) is 5.10 Å². The Bertz CT molecular complexity index is 715. The predicted molar refractivity (Wildman–Crippen MR) is 88.8 cm³/mol. The van der Waals surface area contributed by atoms with Crippen LogP contribution in [0.4, 0.5) is 0 Å². The standard InChI is InChI=1S/C16H21N3O3S/c1-10-12-8-13(23-16(12)18(2)17-10)15(22)19-7-3-4-11(9-19)5-6-14(20)21/h8,11H,3-7,9H2,1-2H3,(H,20,21). The first-order chi connectivity index (χ1) is 11.0. The molecule has 3 heterocycles. The van der Waals surface area contributed by atoms with Gasteiger partial charge in [0, 0.05) is 31.9 Å². The van der Waals surface area contributed by atoms with E-state index in [4.69, 9.17) is 5.11 Å². The lowest BCUT2D eigenvalue weighted by Crippen LogP contribution is -2.39. The van der Waals surface area contributed by atoms with Crippen molar-refractivity contribution in [2.45, 2.75) is 32.6 Å². The summed E-state index contributed by atoms with van der Waals surface area (Å²) in [6.07, 6.45) is 2.78. The number of thiophene rings is 1. The number of hydrogen-bond acceptors (Lipinski definition) is 4. The predicted octanol–water partition coefficient (Wildman–Crippen LogP) is 2.66. The van der Waals surface area contributed by atoms with Gasteiger partial charge in [-0.25, -0.2) is 0 Å². The molecule has 1 aliphatic heterocycles. The van der Waals surface area contributed by atoms with Gasteiger partial charge in [0.15, 0.2) is 0 Å². The van der Waals surface area contributed by atoms with Crippen LogP contribution in [-0.2, 0) is 11.8 Å². The summed E-state index contributed by atoms with van der Waals surface area (Å²) in [4.78, 5) is 27.1. The Kier molecular flexibility index (Phi) is 4.39. The van der Waals surface area contributed by atoms with E-state index in [0.29, 0.717) is 18.9 Å². The molecule has 2 aromatic heterocycles. The van der Waals surface area contributed by atoms with E-state index in [-0.39, 0.29) is 12.3 Å². The minimum atomic E-state index is -0.763. The number of nitrogens with zero attached hydrogens (tertiary/aromatic N) is 3.